The van der Waals surface area contributed by atoms with Crippen molar-refractivity contribution in [2.24, 2.45) is 29.2 Å². The number of carboxylic acids is 2. The Morgan fingerprint density at radius 3 is 2.27 bits per heavy atom. The molecule has 2 saturated carbocycles. The van der Waals surface area contributed by atoms with Gasteiger partial charge in [0.25, 0.3) is 0 Å². The van der Waals surface area contributed by atoms with E-state index in [-0.39, 0.29) is 55.6 Å². The summed E-state index contributed by atoms with van der Waals surface area (Å²) in [4.78, 5) is 51.1. The summed E-state index contributed by atoms with van der Waals surface area (Å²) in [6, 6.07) is 2.95. The van der Waals surface area contributed by atoms with Crippen molar-refractivity contribution in [3.8, 4) is 0 Å². The number of hydrogen-bond acceptors (Lipinski definition) is 7. The number of nitrogens with two attached hydrogens (primary N) is 2. The Morgan fingerprint density at radius 2 is 1.81 bits per heavy atom. The van der Waals surface area contributed by atoms with E-state index >= 15 is 0 Å². The van der Waals surface area contributed by atoms with Crippen LogP contribution in [-0.2, 0) is 14.4 Å². The van der Waals surface area contributed by atoms with Gasteiger partial charge >= 0.3 is 11.9 Å². The number of pyridine rings is 1. The number of aliphatic carboxylic acids is 2. The lowest BCUT2D eigenvalue weighted by Crippen LogP contribution is -2.60. The van der Waals surface area contributed by atoms with Crippen LogP contribution in [-0.4, -0.2) is 74.9 Å². The van der Waals surface area contributed by atoms with E-state index in [1.54, 1.807) is 0 Å². The molecule has 1 aromatic heterocycles. The van der Waals surface area contributed by atoms with Crippen molar-refractivity contribution in [2.75, 3.05) is 19.6 Å². The summed E-state index contributed by atoms with van der Waals surface area (Å²) in [6.45, 7) is 0.0314. The summed E-state index contributed by atoms with van der Waals surface area (Å²) in [5, 5.41) is 28.2. The van der Waals surface area contributed by atoms with Gasteiger partial charge in [-0.05, 0) is 62.0 Å². The second-order valence-electron chi connectivity index (χ2n) is 9.37. The second kappa shape index (κ2) is 13.5. The summed E-state index contributed by atoms with van der Waals surface area (Å²) in [7, 11) is 0. The van der Waals surface area contributed by atoms with Gasteiger partial charge in [0.15, 0.2) is 0 Å². The number of carbonyl (C=O) groups excluding carboxylic acids is 2. The zero-order chi connectivity index (χ0) is 25.8. The number of amidine groups is 1. The maximum Gasteiger partial charge on any atom is 0.329 e. The van der Waals surface area contributed by atoms with Crippen molar-refractivity contribution in [1.29, 1.82) is 5.41 Å². The summed E-state index contributed by atoms with van der Waals surface area (Å²) in [6.07, 6.45) is 6.77. The van der Waals surface area contributed by atoms with Crippen molar-refractivity contribution in [3.05, 3.63) is 29.6 Å². The van der Waals surface area contributed by atoms with E-state index in [1.807, 2.05) is 0 Å². The maximum atomic E-state index is 12.5. The van der Waals surface area contributed by atoms with E-state index in [1.165, 1.54) is 29.7 Å². The molecule has 3 unspecified atom stereocenters. The monoisotopic (exact) mass is 560 g/mol. The lowest BCUT2D eigenvalue weighted by molar-refractivity contribution is -0.162. The summed E-state index contributed by atoms with van der Waals surface area (Å²) in [5.41, 5.74) is 9.68. The zero-order valence-electron chi connectivity index (χ0n) is 20.2. The van der Waals surface area contributed by atoms with Crippen molar-refractivity contribution < 1.29 is 29.4 Å². The molecule has 37 heavy (non-hydrogen) atoms. The summed E-state index contributed by atoms with van der Waals surface area (Å²) < 4.78 is 0. The number of halogens is 2. The van der Waals surface area contributed by atoms with Crippen LogP contribution < -0.4 is 16.8 Å². The first kappa shape index (κ1) is 32.1. The highest BCUT2D eigenvalue weighted by molar-refractivity contribution is 5.95. The van der Waals surface area contributed by atoms with Gasteiger partial charge in [-0.3, -0.25) is 30.1 Å². The van der Waals surface area contributed by atoms with E-state index in [0.29, 0.717) is 42.5 Å². The van der Waals surface area contributed by atoms with Crippen molar-refractivity contribution in [3.63, 3.8) is 0 Å². The van der Waals surface area contributed by atoms with Crippen molar-refractivity contribution in [1.82, 2.24) is 15.2 Å². The highest BCUT2D eigenvalue weighted by Gasteiger charge is 2.60. The molecule has 12 nitrogen and oxygen atoms in total. The van der Waals surface area contributed by atoms with E-state index in [2.05, 4.69) is 10.3 Å². The molecule has 1 aromatic rings. The molecule has 1 saturated heterocycles. The van der Waals surface area contributed by atoms with E-state index < -0.39 is 23.4 Å². The first-order chi connectivity index (χ1) is 16.6. The predicted octanol–water partition coefficient (Wildman–Crippen LogP) is 0.851. The second-order valence-corrected chi connectivity index (χ2v) is 9.37. The number of nitrogen functional groups attached to an aromatic ring is 1. The molecule has 3 aliphatic rings. The van der Waals surface area contributed by atoms with Crippen molar-refractivity contribution >= 4 is 54.4 Å². The Hall–Kier alpha value is -2.96. The van der Waals surface area contributed by atoms with Gasteiger partial charge < -0.3 is 26.6 Å². The van der Waals surface area contributed by atoms with Crippen LogP contribution >= 0.6 is 24.8 Å². The quantitative estimate of drug-likeness (QED) is 0.196. The Balaban J connectivity index is 0.000000419. The summed E-state index contributed by atoms with van der Waals surface area (Å²) >= 11 is 0. The minimum Gasteiger partial charge on any atom is -0.480 e. The number of likely N-dealkylation sites (tertiary alicyclic amines) is 1. The number of carboxylic acid groups (broad SMARTS) is 2. The molecular formula is C23H34Cl2N6O6. The SMILES string of the molecule is Cl.Cl.N=C(N)c1ccc(C(N)=O)cn1.O=C(O)CNCC(=O)N1CCC[C@]1(C(=O)O)C1CC2CCC1C2. The molecule has 0 aromatic carbocycles. The van der Waals surface area contributed by atoms with Gasteiger partial charge in [-0.25, -0.2) is 4.79 Å². The third-order valence-corrected chi connectivity index (χ3v) is 7.32. The van der Waals surface area contributed by atoms with Crippen LogP contribution in [0.25, 0.3) is 0 Å². The van der Waals surface area contributed by atoms with E-state index in [0.717, 1.165) is 19.3 Å². The number of amides is 2. The highest BCUT2D eigenvalue weighted by Crippen LogP contribution is 2.55. The zero-order valence-corrected chi connectivity index (χ0v) is 21.9. The van der Waals surface area contributed by atoms with Gasteiger partial charge in [0.2, 0.25) is 11.8 Å². The Kier molecular flexibility index (Phi) is 11.7. The van der Waals surface area contributed by atoms with Gasteiger partial charge in [0.1, 0.15) is 17.1 Å². The van der Waals surface area contributed by atoms with Gasteiger partial charge in [-0.2, -0.15) is 0 Å². The van der Waals surface area contributed by atoms with Gasteiger partial charge in [0.05, 0.1) is 18.7 Å². The first-order valence-corrected chi connectivity index (χ1v) is 11.6. The molecule has 14 heteroatoms. The van der Waals surface area contributed by atoms with Crippen LogP contribution in [0.1, 0.15) is 54.6 Å². The standard InChI is InChI=1S/C16H24N2O5.C7H8N4O.2ClH/c19-13(8-17-9-14(20)21)18-5-1-4-16(18,15(22)23)12-7-10-2-3-11(12)6-10;8-6(9)5-2-1-4(3-11-5)7(10)12;;/h10-12,17H,1-9H2,(H,20,21)(H,22,23);1-3H,(H3,8,9)(H2,10,12);2*1H/t10?,11?,12?,16-;;;/m1.../s1. The molecule has 2 bridgehead atoms. The van der Waals surface area contributed by atoms with Crippen molar-refractivity contribution in [2.45, 2.75) is 44.1 Å². The van der Waals surface area contributed by atoms with Gasteiger partial charge in [-0.1, -0.05) is 6.42 Å². The molecule has 2 amide bonds. The number of fused-ring (bicyclic) bond motifs is 2. The number of hydrogen-bond donors (Lipinski definition) is 6. The molecule has 4 atom stereocenters. The minimum atomic E-state index is -1.08. The van der Waals surface area contributed by atoms with Crippen LogP contribution in [0.5, 0.6) is 0 Å². The number of primary amides is 1. The number of nitrogens with zero attached hydrogens (tertiary/aromatic N) is 2. The molecule has 1 aliphatic heterocycles. The third-order valence-electron chi connectivity index (χ3n) is 7.32. The predicted molar refractivity (Wildman–Crippen MR) is 139 cm³/mol. The fourth-order valence-electron chi connectivity index (χ4n) is 5.86. The van der Waals surface area contributed by atoms with Gasteiger partial charge in [-0.15, -0.1) is 24.8 Å². The fraction of sp³-hybridized carbons (Fsp3) is 0.565. The van der Waals surface area contributed by atoms with Crippen LogP contribution in [0.2, 0.25) is 0 Å². The average Bonchev–Trinajstić information content (AvgIpc) is 3.55. The average molecular weight is 561 g/mol. The molecule has 4 rings (SSSR count). The Bertz CT molecular complexity index is 977. The number of aromatic nitrogens is 1. The fourth-order valence-corrected chi connectivity index (χ4v) is 5.86. The molecule has 3 fully saturated rings. The van der Waals surface area contributed by atoms with Crippen LogP contribution in [0, 0.1) is 23.2 Å². The lowest BCUT2D eigenvalue weighted by Gasteiger charge is -2.43. The Morgan fingerprint density at radius 1 is 1.11 bits per heavy atom. The lowest BCUT2D eigenvalue weighted by atomic mass is 9.72. The van der Waals surface area contributed by atoms with Crippen LogP contribution in [0.4, 0.5) is 0 Å². The first-order valence-electron chi connectivity index (χ1n) is 11.6. The maximum absolute atomic E-state index is 12.5. The van der Waals surface area contributed by atoms with Crippen LogP contribution in [0.15, 0.2) is 18.3 Å². The largest absolute Gasteiger partial charge is 0.480 e. The topological polar surface area (TPSA) is 213 Å². The molecule has 2 heterocycles. The highest BCUT2D eigenvalue weighted by atomic mass is 35.5. The number of rotatable bonds is 8. The van der Waals surface area contributed by atoms with Crippen LogP contribution in [0.3, 0.4) is 0 Å². The molecule has 0 spiro atoms. The Labute approximate surface area is 226 Å². The van der Waals surface area contributed by atoms with Gasteiger partial charge in [0, 0.05) is 12.7 Å². The minimum absolute atomic E-state index is 0. The normalized spacial score (nSPS) is 25.2. The number of carbonyl (C=O) groups is 4. The molecule has 206 valence electrons. The van der Waals surface area contributed by atoms with E-state index in [4.69, 9.17) is 22.0 Å². The molecular weight excluding hydrogens is 527 g/mol. The smallest absolute Gasteiger partial charge is 0.329 e. The third kappa shape index (κ3) is 7.08. The van der Waals surface area contributed by atoms with E-state index in [9.17, 15) is 24.3 Å². The molecule has 0 radical (unpaired) electrons. The summed E-state index contributed by atoms with van der Waals surface area (Å²) in [5.74, 6) is -1.82. The molecule has 2 aliphatic carbocycles. The molecule has 8 N–H and O–H groups in total. The number of nitrogens with one attached hydrogen (secondary N) is 2.